The lowest BCUT2D eigenvalue weighted by molar-refractivity contribution is -0.140. The van der Waals surface area contributed by atoms with Gasteiger partial charge in [0.25, 0.3) is 0 Å². The van der Waals surface area contributed by atoms with E-state index in [9.17, 15) is 14.4 Å². The number of amides is 2. The molecule has 0 saturated carbocycles. The van der Waals surface area contributed by atoms with Crippen LogP contribution < -0.4 is 10.6 Å². The maximum atomic E-state index is 13.5. The summed E-state index contributed by atoms with van der Waals surface area (Å²) in [6.07, 6.45) is 1.70. The topological polar surface area (TPSA) is 87.7 Å². The zero-order valence-corrected chi connectivity index (χ0v) is 22.5. The highest BCUT2D eigenvalue weighted by Gasteiger charge is 2.41. The summed E-state index contributed by atoms with van der Waals surface area (Å²) in [5, 5.41) is 6.15. The first-order valence-corrected chi connectivity index (χ1v) is 11.8. The molecule has 0 radical (unpaired) electrons. The van der Waals surface area contributed by atoms with Gasteiger partial charge in [0.15, 0.2) is 0 Å². The Bertz CT molecular complexity index is 872. The average molecular weight is 474 g/mol. The molecule has 3 atom stereocenters. The van der Waals surface area contributed by atoms with E-state index in [0.717, 1.165) is 5.56 Å². The van der Waals surface area contributed by atoms with Crippen molar-refractivity contribution in [2.24, 2.45) is 5.41 Å². The second-order valence-electron chi connectivity index (χ2n) is 10.4. The van der Waals surface area contributed by atoms with Crippen molar-refractivity contribution in [3.8, 4) is 0 Å². The number of carbonyl (C=O) groups is 3. The van der Waals surface area contributed by atoms with Crippen LogP contribution in [0.1, 0.15) is 61.0 Å². The summed E-state index contributed by atoms with van der Waals surface area (Å²) in [6.45, 7) is 15.3. The van der Waals surface area contributed by atoms with E-state index in [1.54, 1.807) is 38.9 Å². The van der Waals surface area contributed by atoms with Gasteiger partial charge in [0.2, 0.25) is 11.8 Å². The fourth-order valence-corrected chi connectivity index (χ4v) is 3.92. The van der Waals surface area contributed by atoms with Gasteiger partial charge in [-0.2, -0.15) is 0 Å². The molecule has 0 heterocycles. The first kappa shape index (κ1) is 29.4. The van der Waals surface area contributed by atoms with Crippen LogP contribution in [0.25, 0.3) is 0 Å². The predicted molar refractivity (Wildman–Crippen MR) is 136 cm³/mol. The molecular formula is C27H43N3O4. The van der Waals surface area contributed by atoms with Gasteiger partial charge in [-0.3, -0.25) is 9.59 Å². The summed E-state index contributed by atoms with van der Waals surface area (Å²) in [5.41, 5.74) is 0.415. The lowest BCUT2D eigenvalue weighted by Gasteiger charge is -2.38. The molecule has 1 aromatic carbocycles. The molecule has 2 amide bonds. The molecule has 0 bridgehead atoms. The van der Waals surface area contributed by atoms with E-state index < -0.39 is 28.9 Å². The number of hydrogen-bond donors (Lipinski definition) is 2. The molecule has 0 fully saturated rings. The molecule has 0 aliphatic heterocycles. The van der Waals surface area contributed by atoms with Gasteiger partial charge >= 0.3 is 5.97 Å². The maximum Gasteiger partial charge on any atom is 0.333 e. The summed E-state index contributed by atoms with van der Waals surface area (Å²) in [4.78, 5) is 40.5. The van der Waals surface area contributed by atoms with Crippen molar-refractivity contribution >= 4 is 17.8 Å². The molecule has 190 valence electrons. The van der Waals surface area contributed by atoms with E-state index in [1.807, 2.05) is 71.9 Å². The van der Waals surface area contributed by atoms with Crippen molar-refractivity contribution in [3.05, 3.63) is 47.5 Å². The zero-order valence-electron chi connectivity index (χ0n) is 22.5. The van der Waals surface area contributed by atoms with Crippen molar-refractivity contribution in [1.82, 2.24) is 15.5 Å². The van der Waals surface area contributed by atoms with Crippen molar-refractivity contribution in [3.63, 3.8) is 0 Å². The SMILES string of the molecule is CCOC(=O)/C(C)=C/[C@H](C)N(C)C(=O)C(NC(=O)C(NC)C(C)(C)c1ccccc1)C(C)(C)C. The number of nitrogens with one attached hydrogen (secondary N) is 2. The maximum absolute atomic E-state index is 13.5. The second-order valence-corrected chi connectivity index (χ2v) is 10.4. The largest absolute Gasteiger partial charge is 0.463 e. The summed E-state index contributed by atoms with van der Waals surface area (Å²) >= 11 is 0. The fourth-order valence-electron chi connectivity index (χ4n) is 3.92. The van der Waals surface area contributed by atoms with Crippen LogP contribution in [0.15, 0.2) is 42.0 Å². The van der Waals surface area contributed by atoms with Gasteiger partial charge in [0.1, 0.15) is 6.04 Å². The molecule has 0 aromatic heterocycles. The molecule has 34 heavy (non-hydrogen) atoms. The number of hydrogen-bond acceptors (Lipinski definition) is 5. The minimum absolute atomic E-state index is 0.228. The highest BCUT2D eigenvalue weighted by molar-refractivity contribution is 5.92. The Morgan fingerprint density at radius 3 is 2.09 bits per heavy atom. The number of carbonyl (C=O) groups excluding carboxylic acids is 3. The Labute approximate surface area is 205 Å². The van der Waals surface area contributed by atoms with Crippen molar-refractivity contribution in [2.45, 2.75) is 78.9 Å². The highest BCUT2D eigenvalue weighted by Crippen LogP contribution is 2.28. The smallest absolute Gasteiger partial charge is 0.333 e. The molecule has 1 aromatic rings. The Balaban J connectivity index is 3.15. The molecular weight excluding hydrogens is 430 g/mol. The molecule has 7 nitrogen and oxygen atoms in total. The lowest BCUT2D eigenvalue weighted by atomic mass is 9.76. The molecule has 0 aliphatic rings. The third-order valence-corrected chi connectivity index (χ3v) is 6.24. The van der Waals surface area contributed by atoms with E-state index in [2.05, 4.69) is 10.6 Å². The number of nitrogens with zero attached hydrogens (tertiary/aromatic N) is 1. The first-order valence-electron chi connectivity index (χ1n) is 11.8. The zero-order chi connectivity index (χ0) is 26.3. The minimum atomic E-state index is -0.758. The molecule has 0 aliphatic carbocycles. The van der Waals surface area contributed by atoms with Gasteiger partial charge in [0.05, 0.1) is 12.6 Å². The summed E-state index contributed by atoms with van der Waals surface area (Å²) in [7, 11) is 3.43. The monoisotopic (exact) mass is 473 g/mol. The van der Waals surface area contributed by atoms with Crippen LogP contribution in [0, 0.1) is 5.41 Å². The van der Waals surface area contributed by atoms with Crippen LogP contribution in [-0.4, -0.2) is 61.5 Å². The standard InChI is InChI=1S/C27H43N3O4/c1-11-34-25(33)18(2)17-19(3)30(10)24(32)22(26(4,5)6)29-23(31)21(28-9)27(7,8)20-15-13-12-14-16-20/h12-17,19,21-22,28H,11H2,1-10H3,(H,29,31)/b18-17+/t19-,21?,22?/m0/s1. The summed E-state index contributed by atoms with van der Waals surface area (Å²) in [6, 6.07) is 8.16. The third kappa shape index (κ3) is 7.42. The van der Waals surface area contributed by atoms with Crippen molar-refractivity contribution in [1.29, 1.82) is 0 Å². The first-order chi connectivity index (χ1) is 15.7. The van der Waals surface area contributed by atoms with Crippen molar-refractivity contribution in [2.75, 3.05) is 20.7 Å². The van der Waals surface area contributed by atoms with Crippen LogP contribution in [-0.2, 0) is 24.5 Å². The third-order valence-electron chi connectivity index (χ3n) is 6.24. The normalized spacial score (nSPS) is 15.2. The lowest BCUT2D eigenvalue weighted by Crippen LogP contribution is -2.61. The second kappa shape index (κ2) is 12.2. The predicted octanol–water partition coefficient (Wildman–Crippen LogP) is 3.44. The van der Waals surface area contributed by atoms with E-state index in [-0.39, 0.29) is 24.5 Å². The summed E-state index contributed by atoms with van der Waals surface area (Å²) < 4.78 is 5.03. The molecule has 2 N–H and O–H groups in total. The Hall–Kier alpha value is -2.67. The highest BCUT2D eigenvalue weighted by atomic mass is 16.5. The number of rotatable bonds is 10. The van der Waals surface area contributed by atoms with Gasteiger partial charge in [-0.05, 0) is 38.8 Å². The average Bonchev–Trinajstić information content (AvgIpc) is 2.76. The van der Waals surface area contributed by atoms with Crippen LogP contribution in [0.4, 0.5) is 0 Å². The summed E-state index contributed by atoms with van der Waals surface area (Å²) in [5.74, 6) is -0.881. The van der Waals surface area contributed by atoms with Gasteiger partial charge in [0, 0.05) is 24.1 Å². The molecule has 2 unspecified atom stereocenters. The van der Waals surface area contributed by atoms with Crippen LogP contribution in [0.5, 0.6) is 0 Å². The Morgan fingerprint density at radius 1 is 1.06 bits per heavy atom. The van der Waals surface area contributed by atoms with Crippen molar-refractivity contribution < 1.29 is 19.1 Å². The quantitative estimate of drug-likeness (QED) is 0.402. The fraction of sp³-hybridized carbons (Fsp3) is 0.593. The van der Waals surface area contributed by atoms with Gasteiger partial charge in [-0.15, -0.1) is 0 Å². The number of likely N-dealkylation sites (N-methyl/N-ethyl adjacent to an activating group) is 2. The van der Waals surface area contributed by atoms with Crippen LogP contribution in [0.2, 0.25) is 0 Å². The van der Waals surface area contributed by atoms with Gasteiger partial charge in [-0.1, -0.05) is 71.0 Å². The molecule has 7 heteroatoms. The number of benzene rings is 1. The molecule has 1 rings (SSSR count). The van der Waals surface area contributed by atoms with E-state index in [4.69, 9.17) is 4.74 Å². The number of ether oxygens (including phenoxy) is 1. The molecule has 0 saturated heterocycles. The van der Waals surface area contributed by atoms with E-state index >= 15 is 0 Å². The Morgan fingerprint density at radius 2 is 1.62 bits per heavy atom. The van der Waals surface area contributed by atoms with Gasteiger partial charge in [-0.25, -0.2) is 4.79 Å². The van der Waals surface area contributed by atoms with E-state index in [0.29, 0.717) is 5.57 Å². The van der Waals surface area contributed by atoms with Gasteiger partial charge < -0.3 is 20.3 Å². The molecule has 0 spiro atoms. The van der Waals surface area contributed by atoms with Crippen LogP contribution >= 0.6 is 0 Å². The Kier molecular flexibility index (Phi) is 10.5. The van der Waals surface area contributed by atoms with Crippen LogP contribution in [0.3, 0.4) is 0 Å². The number of esters is 1. The van der Waals surface area contributed by atoms with E-state index in [1.165, 1.54) is 0 Å². The minimum Gasteiger partial charge on any atom is -0.463 e.